The number of nitrogens with one attached hydrogen (secondary N) is 1. The molecule has 0 bridgehead atoms. The molecule has 0 atom stereocenters. The molecule has 11 heteroatoms. The predicted molar refractivity (Wildman–Crippen MR) is 144 cm³/mol. The molecule has 3 aromatic heterocycles. The van der Waals surface area contributed by atoms with Crippen molar-refractivity contribution in [1.29, 1.82) is 0 Å². The van der Waals surface area contributed by atoms with Crippen molar-refractivity contribution in [3.8, 4) is 11.6 Å². The number of nitrogens with zero attached hydrogens (tertiary/aromatic N) is 2. The van der Waals surface area contributed by atoms with E-state index in [2.05, 4.69) is 15.3 Å². The Morgan fingerprint density at radius 2 is 2.03 bits per heavy atom. The second-order valence-electron chi connectivity index (χ2n) is 10.8. The van der Waals surface area contributed by atoms with Gasteiger partial charge in [-0.25, -0.2) is 4.98 Å². The Hall–Kier alpha value is -3.70. The van der Waals surface area contributed by atoms with Crippen LogP contribution in [0.3, 0.4) is 0 Å². The Morgan fingerprint density at radius 3 is 2.66 bits per heavy atom. The second kappa shape index (κ2) is 9.88. The average molecular weight is 538 g/mol. The molecule has 2 saturated carbocycles. The van der Waals surface area contributed by atoms with Crippen molar-refractivity contribution < 1.29 is 24.2 Å². The number of hydrogen-bond donors (Lipinski definition) is 4. The van der Waals surface area contributed by atoms with E-state index in [1.807, 2.05) is 11.4 Å². The number of nitrogens with two attached hydrogens (primary N) is 2. The molecule has 6 N–H and O–H groups in total. The van der Waals surface area contributed by atoms with Crippen molar-refractivity contribution in [3.63, 3.8) is 0 Å². The molecule has 0 unspecified atom stereocenters. The van der Waals surface area contributed by atoms with Crippen LogP contribution in [0.5, 0.6) is 11.6 Å². The van der Waals surface area contributed by atoms with Crippen LogP contribution in [-0.2, 0) is 4.79 Å². The van der Waals surface area contributed by atoms with Gasteiger partial charge in [-0.3, -0.25) is 14.6 Å². The van der Waals surface area contributed by atoms with Crippen LogP contribution in [0.15, 0.2) is 42.0 Å². The van der Waals surface area contributed by atoms with Gasteiger partial charge in [0.15, 0.2) is 0 Å². The minimum Gasteiger partial charge on any atom is -0.489 e. The van der Waals surface area contributed by atoms with Crippen molar-refractivity contribution >= 4 is 38.9 Å². The molecule has 2 aliphatic carbocycles. The van der Waals surface area contributed by atoms with Gasteiger partial charge in [0.2, 0.25) is 5.88 Å². The molecule has 2 amide bonds. The largest absolute Gasteiger partial charge is 0.489 e. The van der Waals surface area contributed by atoms with Gasteiger partial charge in [0.05, 0.1) is 33.3 Å². The first-order valence-corrected chi connectivity index (χ1v) is 13.3. The zero-order valence-corrected chi connectivity index (χ0v) is 22.1. The van der Waals surface area contributed by atoms with Crippen molar-refractivity contribution in [3.05, 3.63) is 53.3 Å². The van der Waals surface area contributed by atoms with Gasteiger partial charge in [-0.15, -0.1) is 11.3 Å². The van der Waals surface area contributed by atoms with Crippen LogP contribution < -0.4 is 26.3 Å². The minimum atomic E-state index is -0.963. The number of aromatic nitrogens is 2. The summed E-state index contributed by atoms with van der Waals surface area (Å²) in [5.41, 5.74) is 12.3. The summed E-state index contributed by atoms with van der Waals surface area (Å²) in [6, 6.07) is 7.01. The summed E-state index contributed by atoms with van der Waals surface area (Å²) in [5.74, 6) is -0.0628. The minimum absolute atomic E-state index is 0.0363. The molecule has 200 valence electrons. The van der Waals surface area contributed by atoms with Gasteiger partial charge in [0.25, 0.3) is 11.8 Å². The van der Waals surface area contributed by atoms with Crippen LogP contribution in [0.1, 0.15) is 55.6 Å². The number of hydrogen-bond acceptors (Lipinski definition) is 9. The number of ether oxygens (including phenoxy) is 2. The molecule has 0 radical (unpaired) electrons. The van der Waals surface area contributed by atoms with Crippen LogP contribution in [0, 0.1) is 5.41 Å². The maximum atomic E-state index is 12.9. The summed E-state index contributed by atoms with van der Waals surface area (Å²) in [4.78, 5) is 33.6. The molecule has 2 aliphatic rings. The normalized spacial score (nSPS) is 23.0. The number of amides is 2. The molecular weight excluding hydrogens is 506 g/mol. The number of aliphatic hydroxyl groups is 1. The summed E-state index contributed by atoms with van der Waals surface area (Å²) in [5, 5.41) is 14.8. The monoisotopic (exact) mass is 537 g/mol. The molecule has 1 spiro atoms. The summed E-state index contributed by atoms with van der Waals surface area (Å²) in [6.45, 7) is 3.42. The van der Waals surface area contributed by atoms with Crippen molar-refractivity contribution in [2.24, 2.45) is 16.9 Å². The van der Waals surface area contributed by atoms with E-state index in [1.54, 1.807) is 32.0 Å². The first-order valence-electron chi connectivity index (χ1n) is 12.4. The molecule has 2 fully saturated rings. The van der Waals surface area contributed by atoms with Gasteiger partial charge in [0.1, 0.15) is 24.0 Å². The summed E-state index contributed by atoms with van der Waals surface area (Å²) in [7, 11) is 0. The smallest absolute Gasteiger partial charge is 0.255 e. The quantitative estimate of drug-likeness (QED) is 0.303. The van der Waals surface area contributed by atoms with Crippen LogP contribution in [-0.4, -0.2) is 51.2 Å². The number of pyridine rings is 2. The third-order valence-electron chi connectivity index (χ3n) is 6.98. The van der Waals surface area contributed by atoms with Crippen LogP contribution in [0.2, 0.25) is 0 Å². The molecule has 3 aromatic rings. The highest BCUT2D eigenvalue weighted by Gasteiger charge is 2.54. The molecule has 10 nitrogen and oxygen atoms in total. The maximum absolute atomic E-state index is 12.9. The van der Waals surface area contributed by atoms with Gasteiger partial charge in [-0.05, 0) is 74.6 Å². The van der Waals surface area contributed by atoms with E-state index < -0.39 is 11.5 Å². The van der Waals surface area contributed by atoms with Gasteiger partial charge in [-0.2, -0.15) is 0 Å². The van der Waals surface area contributed by atoms with Gasteiger partial charge >= 0.3 is 0 Å². The van der Waals surface area contributed by atoms with E-state index in [0.717, 1.165) is 35.9 Å². The highest BCUT2D eigenvalue weighted by Crippen LogP contribution is 2.57. The van der Waals surface area contributed by atoms with Gasteiger partial charge < -0.3 is 31.4 Å². The van der Waals surface area contributed by atoms with Gasteiger partial charge in [-0.1, -0.05) is 0 Å². The van der Waals surface area contributed by atoms with Crippen molar-refractivity contribution in [2.75, 3.05) is 6.61 Å². The summed E-state index contributed by atoms with van der Waals surface area (Å²) in [6.07, 6.45) is 6.04. The number of thiophene rings is 1. The fraction of sp³-hybridized carbons (Fsp3) is 0.407. The number of primary amides is 1. The zero-order chi connectivity index (χ0) is 27.1. The molecule has 3 heterocycles. The van der Waals surface area contributed by atoms with E-state index in [9.17, 15) is 14.7 Å². The predicted octanol–water partition coefficient (Wildman–Crippen LogP) is 2.75. The average Bonchev–Trinajstić information content (AvgIpc) is 3.27. The van der Waals surface area contributed by atoms with Crippen LogP contribution in [0.4, 0.5) is 0 Å². The Labute approximate surface area is 224 Å². The zero-order valence-electron chi connectivity index (χ0n) is 21.3. The highest BCUT2D eigenvalue weighted by molar-refractivity contribution is 7.17. The van der Waals surface area contributed by atoms with E-state index >= 15 is 0 Å². The molecule has 5 rings (SSSR count). The fourth-order valence-electron chi connectivity index (χ4n) is 5.14. The molecule has 0 aromatic carbocycles. The van der Waals surface area contributed by atoms with Crippen molar-refractivity contribution in [2.45, 2.75) is 57.3 Å². The first-order chi connectivity index (χ1) is 18.0. The molecule has 0 aliphatic heterocycles. The third kappa shape index (κ3) is 5.44. The summed E-state index contributed by atoms with van der Waals surface area (Å²) >= 11 is 1.50. The Balaban J connectivity index is 1.12. The number of fused-ring (bicyclic) bond motifs is 1. The fourth-order valence-corrected chi connectivity index (χ4v) is 5.90. The number of carbonyl (C=O) groups is 2. The Kier molecular flexibility index (Phi) is 6.74. The third-order valence-corrected chi connectivity index (χ3v) is 7.83. The highest BCUT2D eigenvalue weighted by atomic mass is 32.1. The Bertz CT molecular complexity index is 1380. The molecule has 0 saturated heterocycles. The first kappa shape index (κ1) is 25.9. The van der Waals surface area contributed by atoms with E-state index in [0.29, 0.717) is 17.0 Å². The lowest BCUT2D eigenvalue weighted by molar-refractivity contribution is -0.122. The Morgan fingerprint density at radius 1 is 1.26 bits per heavy atom. The number of rotatable bonds is 9. The SMILES string of the molecule is CC(C)(O)COc1ccc(C(=CN)C(=O)NC2CC3(C2)CC(Oc2nc4ccsc4cc2C(N)=O)C3)nc1. The van der Waals surface area contributed by atoms with Gasteiger partial charge in [0, 0.05) is 12.2 Å². The molecule has 38 heavy (non-hydrogen) atoms. The maximum Gasteiger partial charge on any atom is 0.255 e. The van der Waals surface area contributed by atoms with Crippen LogP contribution >= 0.6 is 11.3 Å². The van der Waals surface area contributed by atoms with Crippen molar-refractivity contribution in [1.82, 2.24) is 15.3 Å². The lowest BCUT2D eigenvalue weighted by Crippen LogP contribution is -2.58. The van der Waals surface area contributed by atoms with E-state index in [1.165, 1.54) is 23.7 Å². The van der Waals surface area contributed by atoms with E-state index in [4.69, 9.17) is 20.9 Å². The number of carbonyl (C=O) groups excluding carboxylic acids is 2. The summed E-state index contributed by atoms with van der Waals surface area (Å²) < 4.78 is 12.5. The lowest BCUT2D eigenvalue weighted by Gasteiger charge is -2.57. The lowest BCUT2D eigenvalue weighted by atomic mass is 9.53. The van der Waals surface area contributed by atoms with E-state index in [-0.39, 0.29) is 41.5 Å². The second-order valence-corrected chi connectivity index (χ2v) is 11.7. The van der Waals surface area contributed by atoms with Crippen LogP contribution in [0.25, 0.3) is 15.8 Å². The standard InChI is InChI=1S/C27H31N5O5S/c1-26(2,35)14-36-16-3-4-20(30-13-16)19(12-28)24(34)31-15-8-27(9-15)10-17(11-27)37-25-18(23(29)33)7-22-21(32-25)5-6-38-22/h3-7,12-13,15,17,35H,8-11,14,28H2,1-2H3,(H2,29,33)(H,31,34). The molecular formula is C27H31N5O5S. The topological polar surface area (TPSA) is 163 Å².